The monoisotopic (exact) mass is 203 g/mol. The first-order chi connectivity index (χ1) is 6.90. The molecule has 0 N–H and O–H groups in total. The molecule has 2 aromatic rings. The number of aliphatic imine (C=N–C) groups is 1. The number of hydrogen-bond acceptors (Lipinski definition) is 5. The zero-order valence-electron chi connectivity index (χ0n) is 7.04. The maximum absolute atomic E-state index is 9.97. The van der Waals surface area contributed by atoms with E-state index in [-0.39, 0.29) is 0 Å². The molecule has 0 aliphatic carbocycles. The van der Waals surface area contributed by atoms with E-state index in [0.29, 0.717) is 11.0 Å². The zero-order chi connectivity index (χ0) is 9.80. The normalized spacial score (nSPS) is 9.43. The van der Waals surface area contributed by atoms with Crippen LogP contribution in [0.15, 0.2) is 35.3 Å². The van der Waals surface area contributed by atoms with Crippen LogP contribution >= 0.6 is 11.5 Å². The highest BCUT2D eigenvalue weighted by Crippen LogP contribution is 2.21. The largest absolute Gasteiger partial charge is 0.242 e. The lowest BCUT2D eigenvalue weighted by molar-refractivity contribution is 0.565. The molecule has 0 unspecified atom stereocenters. The van der Waals surface area contributed by atoms with Crippen molar-refractivity contribution < 1.29 is 4.79 Å². The molecule has 0 fully saturated rings. The molecule has 0 saturated carbocycles. The van der Waals surface area contributed by atoms with Crippen LogP contribution in [0.5, 0.6) is 0 Å². The van der Waals surface area contributed by atoms with E-state index in [2.05, 4.69) is 14.3 Å². The number of hydrogen-bond donors (Lipinski definition) is 0. The van der Waals surface area contributed by atoms with Gasteiger partial charge in [-0.15, -0.1) is 4.99 Å². The van der Waals surface area contributed by atoms with E-state index < -0.39 is 0 Å². The van der Waals surface area contributed by atoms with Gasteiger partial charge < -0.3 is 0 Å². The minimum atomic E-state index is 0.332. The highest BCUT2D eigenvalue weighted by atomic mass is 32.1. The van der Waals surface area contributed by atoms with Crippen LogP contribution in [0.3, 0.4) is 0 Å². The Morgan fingerprint density at radius 1 is 1.29 bits per heavy atom. The van der Waals surface area contributed by atoms with Gasteiger partial charge in [0.2, 0.25) is 11.2 Å². The lowest BCUT2D eigenvalue weighted by Crippen LogP contribution is -1.77. The molecular formula is C9H5N3OS. The number of benzene rings is 1. The van der Waals surface area contributed by atoms with Crippen molar-refractivity contribution in [2.75, 3.05) is 0 Å². The summed E-state index contributed by atoms with van der Waals surface area (Å²) in [7, 11) is 0. The summed E-state index contributed by atoms with van der Waals surface area (Å²) in [6.07, 6.45) is 1.43. The number of rotatable bonds is 2. The van der Waals surface area contributed by atoms with Crippen LogP contribution in [0.25, 0.3) is 11.4 Å². The lowest BCUT2D eigenvalue weighted by Gasteiger charge is -1.90. The number of carbonyl (C=O) groups excluding carboxylic acids is 1. The second-order valence-electron chi connectivity index (χ2n) is 2.47. The fourth-order valence-electron chi connectivity index (χ4n) is 1.00. The number of isocyanates is 1. The van der Waals surface area contributed by atoms with Gasteiger partial charge in [0.15, 0.2) is 5.82 Å². The quantitative estimate of drug-likeness (QED) is 0.555. The predicted octanol–water partition coefficient (Wildman–Crippen LogP) is 2.17. The second-order valence-corrected chi connectivity index (χ2v) is 3.20. The average Bonchev–Trinajstić information content (AvgIpc) is 2.68. The van der Waals surface area contributed by atoms with Gasteiger partial charge in [-0.2, -0.15) is 9.36 Å². The van der Waals surface area contributed by atoms with Crippen LogP contribution in [-0.2, 0) is 4.79 Å². The maximum atomic E-state index is 9.97. The SMILES string of the molecule is O=C=Nc1nc(-c2ccccc2)ns1. The third-order valence-electron chi connectivity index (χ3n) is 1.59. The molecule has 14 heavy (non-hydrogen) atoms. The first-order valence-electron chi connectivity index (χ1n) is 3.87. The molecule has 0 amide bonds. The molecule has 4 nitrogen and oxygen atoms in total. The third kappa shape index (κ3) is 1.74. The zero-order valence-corrected chi connectivity index (χ0v) is 7.86. The molecule has 5 heteroatoms. The first-order valence-corrected chi connectivity index (χ1v) is 4.64. The van der Waals surface area contributed by atoms with Gasteiger partial charge in [0.05, 0.1) is 0 Å². The Balaban J connectivity index is 2.39. The fraction of sp³-hybridized carbons (Fsp3) is 0. The van der Waals surface area contributed by atoms with Gasteiger partial charge in [-0.25, -0.2) is 4.79 Å². The van der Waals surface area contributed by atoms with E-state index in [0.717, 1.165) is 17.1 Å². The molecule has 0 aliphatic rings. The smallest absolute Gasteiger partial charge is 0.211 e. The highest BCUT2D eigenvalue weighted by molar-refractivity contribution is 7.09. The van der Waals surface area contributed by atoms with Gasteiger partial charge in [-0.3, -0.25) is 0 Å². The Bertz CT molecular complexity index is 474. The van der Waals surface area contributed by atoms with Gasteiger partial charge in [-0.05, 0) is 0 Å². The summed E-state index contributed by atoms with van der Waals surface area (Å²) in [5.41, 5.74) is 0.913. The fourth-order valence-corrected chi connectivity index (χ4v) is 1.52. The average molecular weight is 203 g/mol. The van der Waals surface area contributed by atoms with Gasteiger partial charge in [0.25, 0.3) is 0 Å². The molecule has 0 spiro atoms. The summed E-state index contributed by atoms with van der Waals surface area (Å²) in [4.78, 5) is 17.4. The second kappa shape index (κ2) is 3.91. The molecule has 0 atom stereocenters. The Morgan fingerprint density at radius 3 is 2.79 bits per heavy atom. The van der Waals surface area contributed by atoms with Gasteiger partial charge in [0.1, 0.15) is 0 Å². The van der Waals surface area contributed by atoms with Crippen LogP contribution in [0.1, 0.15) is 0 Å². The molecule has 0 bridgehead atoms. The Morgan fingerprint density at radius 2 is 2.07 bits per heavy atom. The van der Waals surface area contributed by atoms with E-state index in [1.54, 1.807) is 0 Å². The molecule has 0 radical (unpaired) electrons. The molecule has 0 saturated heterocycles. The summed E-state index contributed by atoms with van der Waals surface area (Å²) >= 11 is 1.08. The van der Waals surface area contributed by atoms with Crippen molar-refractivity contribution in [1.29, 1.82) is 0 Å². The van der Waals surface area contributed by atoms with Crippen LogP contribution in [0.4, 0.5) is 5.13 Å². The summed E-state index contributed by atoms with van der Waals surface area (Å²) in [5.74, 6) is 0.588. The molecule has 0 aliphatic heterocycles. The topological polar surface area (TPSA) is 55.2 Å². The molecule has 2 rings (SSSR count). The predicted molar refractivity (Wildman–Crippen MR) is 53.1 cm³/mol. The van der Waals surface area contributed by atoms with Crippen molar-refractivity contribution in [3.63, 3.8) is 0 Å². The lowest BCUT2D eigenvalue weighted by atomic mass is 10.2. The third-order valence-corrected chi connectivity index (χ3v) is 2.20. The Kier molecular flexibility index (Phi) is 2.44. The highest BCUT2D eigenvalue weighted by Gasteiger charge is 2.04. The summed E-state index contributed by atoms with van der Waals surface area (Å²) in [6.45, 7) is 0. The first kappa shape index (κ1) is 8.74. The Hall–Kier alpha value is -1.84. The standard InChI is InChI=1S/C9H5N3OS/c13-6-10-9-11-8(12-14-9)7-4-2-1-3-5-7/h1-5H. The summed E-state index contributed by atoms with van der Waals surface area (Å²) in [5, 5.41) is 0.332. The van der Waals surface area contributed by atoms with Crippen LogP contribution in [-0.4, -0.2) is 15.4 Å². The van der Waals surface area contributed by atoms with E-state index >= 15 is 0 Å². The van der Waals surface area contributed by atoms with Crippen LogP contribution in [0, 0.1) is 0 Å². The molecule has 1 aromatic carbocycles. The minimum Gasteiger partial charge on any atom is -0.211 e. The van der Waals surface area contributed by atoms with Crippen molar-refractivity contribution in [1.82, 2.24) is 9.36 Å². The van der Waals surface area contributed by atoms with E-state index in [1.807, 2.05) is 30.3 Å². The number of nitrogens with zero attached hydrogens (tertiary/aromatic N) is 3. The van der Waals surface area contributed by atoms with Crippen molar-refractivity contribution in [2.24, 2.45) is 4.99 Å². The molecular weight excluding hydrogens is 198 g/mol. The van der Waals surface area contributed by atoms with E-state index in [1.165, 1.54) is 6.08 Å². The molecule has 68 valence electrons. The van der Waals surface area contributed by atoms with Crippen molar-refractivity contribution >= 4 is 22.7 Å². The van der Waals surface area contributed by atoms with Gasteiger partial charge in [-0.1, -0.05) is 30.3 Å². The number of aromatic nitrogens is 2. The molecule has 1 aromatic heterocycles. The van der Waals surface area contributed by atoms with Gasteiger partial charge >= 0.3 is 0 Å². The maximum Gasteiger partial charge on any atom is 0.242 e. The van der Waals surface area contributed by atoms with Gasteiger partial charge in [0, 0.05) is 17.1 Å². The van der Waals surface area contributed by atoms with Crippen LogP contribution in [0.2, 0.25) is 0 Å². The summed E-state index contributed by atoms with van der Waals surface area (Å²) in [6, 6.07) is 9.52. The Labute approximate surface area is 84.1 Å². The van der Waals surface area contributed by atoms with Crippen molar-refractivity contribution in [2.45, 2.75) is 0 Å². The van der Waals surface area contributed by atoms with Crippen molar-refractivity contribution in [3.05, 3.63) is 30.3 Å². The molecule has 1 heterocycles. The van der Waals surface area contributed by atoms with Crippen molar-refractivity contribution in [3.8, 4) is 11.4 Å². The minimum absolute atomic E-state index is 0.332. The van der Waals surface area contributed by atoms with E-state index in [9.17, 15) is 4.79 Å². The van der Waals surface area contributed by atoms with Crippen LogP contribution < -0.4 is 0 Å². The van der Waals surface area contributed by atoms with E-state index in [4.69, 9.17) is 0 Å². The summed E-state index contributed by atoms with van der Waals surface area (Å²) < 4.78 is 4.06.